The molecule has 0 bridgehead atoms. The molecule has 0 fully saturated rings. The van der Waals surface area contributed by atoms with Crippen LogP contribution in [0.15, 0.2) is 40.7 Å². The molecule has 1 heterocycles. The number of ether oxygens (including phenoxy) is 2. The van der Waals surface area contributed by atoms with Gasteiger partial charge in [0.1, 0.15) is 10.9 Å². The number of rotatable bonds is 6. The number of benzene rings is 1. The monoisotopic (exact) mass is 476 g/mol. The molecule has 3 atom stereocenters. The number of halogens is 1. The standard InChI is InChI=1S/C23H25ClN2O7/c1-5-8-33-23(29)18-12(3)25-15-9-11(2)17(22(28)32-4)21(27)20(15)19(18)13-6-7-14(24)16(10-13)26(30)31/h6-7,10-11,17,19,25H,5,8-9H2,1-4H3/t11-,17+,19+/m0/s1. The van der Waals surface area contributed by atoms with Crippen molar-refractivity contribution in [2.45, 2.75) is 39.5 Å². The lowest BCUT2D eigenvalue weighted by Crippen LogP contribution is -2.43. The van der Waals surface area contributed by atoms with E-state index in [1.807, 2.05) is 6.92 Å². The number of carbonyl (C=O) groups excluding carboxylic acids is 3. The third kappa shape index (κ3) is 4.50. The van der Waals surface area contributed by atoms with Gasteiger partial charge in [-0.3, -0.25) is 19.7 Å². The Hall–Kier alpha value is -3.20. The topological polar surface area (TPSA) is 125 Å². The van der Waals surface area contributed by atoms with Crippen molar-refractivity contribution in [3.05, 3.63) is 61.4 Å². The van der Waals surface area contributed by atoms with Crippen LogP contribution in [0.1, 0.15) is 45.1 Å². The van der Waals surface area contributed by atoms with Crippen LogP contribution in [0.2, 0.25) is 5.02 Å². The number of methoxy groups -OCH3 is 1. The SMILES string of the molecule is CCCOC(=O)C1=C(C)NC2=C(C(=O)[C@H](C(=O)OC)[C@@H](C)C2)[C@@H]1c1ccc(Cl)c([N+](=O)[O-])c1. The molecular formula is C23H25ClN2O7. The molecule has 10 heteroatoms. The van der Waals surface area contributed by atoms with Gasteiger partial charge >= 0.3 is 11.9 Å². The van der Waals surface area contributed by atoms with E-state index in [-0.39, 0.29) is 34.4 Å². The second kappa shape index (κ2) is 9.74. The van der Waals surface area contributed by atoms with Crippen LogP contribution in [-0.4, -0.2) is 36.4 Å². The molecule has 0 amide bonds. The third-order valence-electron chi connectivity index (χ3n) is 5.90. The minimum Gasteiger partial charge on any atom is -0.468 e. The minimum atomic E-state index is -1.05. The van der Waals surface area contributed by atoms with Gasteiger partial charge in [0.15, 0.2) is 5.78 Å². The van der Waals surface area contributed by atoms with Crippen molar-refractivity contribution in [1.82, 2.24) is 5.32 Å². The number of hydrogen-bond acceptors (Lipinski definition) is 8. The van der Waals surface area contributed by atoms with Gasteiger partial charge in [-0.2, -0.15) is 0 Å². The summed E-state index contributed by atoms with van der Waals surface area (Å²) in [5, 5.41) is 14.6. The average molecular weight is 477 g/mol. The van der Waals surface area contributed by atoms with Gasteiger partial charge in [0.05, 0.1) is 24.2 Å². The highest BCUT2D eigenvalue weighted by Crippen LogP contribution is 2.46. The molecule has 176 valence electrons. The summed E-state index contributed by atoms with van der Waals surface area (Å²) >= 11 is 6.00. The summed E-state index contributed by atoms with van der Waals surface area (Å²) in [5.74, 6) is -4.14. The van der Waals surface area contributed by atoms with E-state index >= 15 is 0 Å². The lowest BCUT2D eigenvalue weighted by molar-refractivity contribution is -0.384. The Morgan fingerprint density at radius 1 is 1.33 bits per heavy atom. The summed E-state index contributed by atoms with van der Waals surface area (Å²) in [5.41, 5.74) is 1.39. The van der Waals surface area contributed by atoms with Gasteiger partial charge in [-0.05, 0) is 37.3 Å². The molecule has 0 aromatic heterocycles. The third-order valence-corrected chi connectivity index (χ3v) is 6.22. The normalized spacial score (nSPS) is 22.5. The molecule has 0 saturated carbocycles. The van der Waals surface area contributed by atoms with Crippen LogP contribution in [0.3, 0.4) is 0 Å². The Balaban J connectivity index is 2.23. The smallest absolute Gasteiger partial charge is 0.336 e. The number of ketones is 1. The number of carbonyl (C=O) groups is 3. The number of nitrogens with one attached hydrogen (secondary N) is 1. The first kappa shape index (κ1) is 24.4. The van der Waals surface area contributed by atoms with E-state index in [0.29, 0.717) is 29.8 Å². The summed E-state index contributed by atoms with van der Waals surface area (Å²) in [6.07, 6.45) is 0.957. The number of allylic oxidation sites excluding steroid dienone is 3. The van der Waals surface area contributed by atoms with Crippen molar-refractivity contribution in [3.8, 4) is 0 Å². The molecule has 0 unspecified atom stereocenters. The number of nitro groups is 1. The summed E-state index contributed by atoms with van der Waals surface area (Å²) in [4.78, 5) is 49.9. The first-order valence-electron chi connectivity index (χ1n) is 10.6. The van der Waals surface area contributed by atoms with E-state index in [2.05, 4.69) is 5.32 Å². The number of esters is 2. The molecule has 33 heavy (non-hydrogen) atoms. The van der Waals surface area contributed by atoms with Crippen LogP contribution < -0.4 is 5.32 Å². The maximum absolute atomic E-state index is 13.6. The summed E-state index contributed by atoms with van der Waals surface area (Å²) in [6.45, 7) is 5.48. The molecule has 1 N–H and O–H groups in total. The Bertz CT molecular complexity index is 1090. The lowest BCUT2D eigenvalue weighted by atomic mass is 9.69. The number of Topliss-reactive ketones (excluding diaryl/α,β-unsaturated/α-hetero) is 1. The van der Waals surface area contributed by atoms with E-state index in [1.54, 1.807) is 13.8 Å². The van der Waals surface area contributed by atoms with Crippen molar-refractivity contribution >= 4 is 35.0 Å². The zero-order valence-corrected chi connectivity index (χ0v) is 19.5. The fourth-order valence-corrected chi connectivity index (χ4v) is 4.59. The van der Waals surface area contributed by atoms with Crippen LogP contribution in [-0.2, 0) is 23.9 Å². The molecule has 1 aromatic carbocycles. The summed E-state index contributed by atoms with van der Waals surface area (Å²) in [6, 6.07) is 4.14. The van der Waals surface area contributed by atoms with E-state index in [1.165, 1.54) is 25.3 Å². The number of nitrogens with zero attached hydrogens (tertiary/aromatic N) is 1. The van der Waals surface area contributed by atoms with Gasteiger partial charge in [-0.1, -0.05) is 31.5 Å². The van der Waals surface area contributed by atoms with Crippen LogP contribution in [0, 0.1) is 22.0 Å². The predicted molar refractivity (Wildman–Crippen MR) is 119 cm³/mol. The van der Waals surface area contributed by atoms with E-state index < -0.39 is 34.5 Å². The first-order chi connectivity index (χ1) is 15.6. The van der Waals surface area contributed by atoms with E-state index in [4.69, 9.17) is 21.1 Å². The van der Waals surface area contributed by atoms with Crippen molar-refractivity contribution < 1.29 is 28.8 Å². The molecule has 1 aromatic rings. The zero-order chi connectivity index (χ0) is 24.4. The lowest BCUT2D eigenvalue weighted by Gasteiger charge is -2.38. The Morgan fingerprint density at radius 3 is 2.64 bits per heavy atom. The van der Waals surface area contributed by atoms with Crippen molar-refractivity contribution in [1.29, 1.82) is 0 Å². The van der Waals surface area contributed by atoms with Gasteiger partial charge in [-0.15, -0.1) is 0 Å². The maximum atomic E-state index is 13.6. The Labute approximate surface area is 195 Å². The van der Waals surface area contributed by atoms with Crippen LogP contribution in [0.25, 0.3) is 0 Å². The van der Waals surface area contributed by atoms with Crippen molar-refractivity contribution in [2.75, 3.05) is 13.7 Å². The number of nitro benzene ring substituents is 1. The van der Waals surface area contributed by atoms with Crippen LogP contribution in [0.5, 0.6) is 0 Å². The fourth-order valence-electron chi connectivity index (χ4n) is 4.41. The van der Waals surface area contributed by atoms with Crippen LogP contribution >= 0.6 is 11.6 Å². The maximum Gasteiger partial charge on any atom is 0.336 e. The molecule has 0 saturated heterocycles. The van der Waals surface area contributed by atoms with Crippen LogP contribution in [0.4, 0.5) is 5.69 Å². The van der Waals surface area contributed by atoms with Gasteiger partial charge < -0.3 is 14.8 Å². The Kier molecular flexibility index (Phi) is 7.22. The zero-order valence-electron chi connectivity index (χ0n) is 18.8. The molecular weight excluding hydrogens is 452 g/mol. The highest BCUT2D eigenvalue weighted by molar-refractivity contribution is 6.32. The second-order valence-electron chi connectivity index (χ2n) is 8.14. The number of dihydropyridines is 1. The number of hydrogen-bond donors (Lipinski definition) is 1. The average Bonchev–Trinajstić information content (AvgIpc) is 2.76. The second-order valence-corrected chi connectivity index (χ2v) is 8.55. The van der Waals surface area contributed by atoms with E-state index in [9.17, 15) is 24.5 Å². The predicted octanol–water partition coefficient (Wildman–Crippen LogP) is 3.81. The molecule has 0 spiro atoms. The van der Waals surface area contributed by atoms with Gasteiger partial charge in [0.2, 0.25) is 0 Å². The molecule has 0 radical (unpaired) electrons. The Morgan fingerprint density at radius 2 is 2.03 bits per heavy atom. The highest BCUT2D eigenvalue weighted by atomic mass is 35.5. The molecule has 1 aliphatic heterocycles. The molecule has 2 aliphatic rings. The largest absolute Gasteiger partial charge is 0.468 e. The van der Waals surface area contributed by atoms with Gasteiger partial charge in [0, 0.05) is 29.0 Å². The molecule has 1 aliphatic carbocycles. The van der Waals surface area contributed by atoms with Gasteiger partial charge in [0.25, 0.3) is 5.69 Å². The molecule has 3 rings (SSSR count). The first-order valence-corrected chi connectivity index (χ1v) is 10.9. The highest BCUT2D eigenvalue weighted by Gasteiger charge is 2.47. The summed E-state index contributed by atoms with van der Waals surface area (Å²) in [7, 11) is 1.21. The molecule has 9 nitrogen and oxygen atoms in total. The quantitative estimate of drug-likeness (QED) is 0.284. The van der Waals surface area contributed by atoms with Gasteiger partial charge in [-0.25, -0.2) is 4.79 Å². The summed E-state index contributed by atoms with van der Waals surface area (Å²) < 4.78 is 10.2. The van der Waals surface area contributed by atoms with Crippen molar-refractivity contribution in [3.63, 3.8) is 0 Å². The van der Waals surface area contributed by atoms with E-state index in [0.717, 1.165) is 0 Å². The fraction of sp³-hybridized carbons (Fsp3) is 0.435. The van der Waals surface area contributed by atoms with Crippen molar-refractivity contribution in [2.24, 2.45) is 11.8 Å². The minimum absolute atomic E-state index is 0.0706.